The number of nitrogen functional groups attached to an aromatic ring is 1. The Labute approximate surface area is 90.1 Å². The van der Waals surface area contributed by atoms with Gasteiger partial charge in [-0.1, -0.05) is 12.1 Å². The van der Waals surface area contributed by atoms with E-state index in [-0.39, 0.29) is 5.54 Å². The first-order valence-corrected chi connectivity index (χ1v) is 5.02. The highest BCUT2D eigenvalue weighted by atomic mass is 16.7. The van der Waals surface area contributed by atoms with Crippen molar-refractivity contribution >= 4 is 11.8 Å². The number of benzene rings is 1. The molecule has 0 fully saturated rings. The largest absolute Gasteiger partial charge is 0.396 e. The summed E-state index contributed by atoms with van der Waals surface area (Å²) in [5.74, 6) is 0.745. The van der Waals surface area contributed by atoms with Crippen LogP contribution in [0.5, 0.6) is 5.75 Å². The number of hydroxylamine groups is 2. The van der Waals surface area contributed by atoms with Crippen molar-refractivity contribution in [1.29, 1.82) is 0 Å². The van der Waals surface area contributed by atoms with Crippen molar-refractivity contribution in [2.75, 3.05) is 5.73 Å². The third kappa shape index (κ3) is 1.77. The fourth-order valence-corrected chi connectivity index (χ4v) is 1.45. The summed E-state index contributed by atoms with van der Waals surface area (Å²) in [6.45, 7) is 6.25. The van der Waals surface area contributed by atoms with Gasteiger partial charge in [0.1, 0.15) is 0 Å². The summed E-state index contributed by atoms with van der Waals surface area (Å²) in [6, 6.07) is 5.76. The van der Waals surface area contributed by atoms with E-state index in [1.807, 2.05) is 35.5 Å². The van der Waals surface area contributed by atoms with Gasteiger partial charge in [0.25, 0.3) is 0 Å². The minimum absolute atomic E-state index is 0.0729. The minimum Gasteiger partial charge on any atom is -0.396 e. The summed E-state index contributed by atoms with van der Waals surface area (Å²) in [7, 11) is 0. The van der Waals surface area contributed by atoms with Crippen LogP contribution in [0.15, 0.2) is 24.4 Å². The molecule has 0 spiro atoms. The van der Waals surface area contributed by atoms with E-state index in [4.69, 9.17) is 10.6 Å². The quantitative estimate of drug-likeness (QED) is 0.660. The van der Waals surface area contributed by atoms with E-state index < -0.39 is 0 Å². The topological polar surface area (TPSA) is 38.5 Å². The van der Waals surface area contributed by atoms with Crippen LogP contribution in [-0.2, 0) is 0 Å². The van der Waals surface area contributed by atoms with E-state index in [9.17, 15) is 0 Å². The van der Waals surface area contributed by atoms with Crippen molar-refractivity contribution in [3.63, 3.8) is 0 Å². The predicted molar refractivity (Wildman–Crippen MR) is 62.1 cm³/mol. The number of rotatable bonds is 0. The third-order valence-electron chi connectivity index (χ3n) is 2.32. The van der Waals surface area contributed by atoms with Gasteiger partial charge in [0.05, 0.1) is 11.2 Å². The van der Waals surface area contributed by atoms with Gasteiger partial charge in [0.15, 0.2) is 5.75 Å². The van der Waals surface area contributed by atoms with Gasteiger partial charge in [-0.3, -0.25) is 0 Å². The third-order valence-corrected chi connectivity index (χ3v) is 2.32. The molecule has 0 atom stereocenters. The van der Waals surface area contributed by atoms with Crippen LogP contribution in [0.25, 0.3) is 6.08 Å². The predicted octanol–water partition coefficient (Wildman–Crippen LogP) is 2.65. The molecule has 2 N–H and O–H groups in total. The second-order valence-electron chi connectivity index (χ2n) is 4.67. The highest BCUT2D eigenvalue weighted by Crippen LogP contribution is 2.33. The van der Waals surface area contributed by atoms with Gasteiger partial charge in [-0.15, -0.1) is 0 Å². The molecule has 1 heterocycles. The normalized spacial score (nSPS) is 14.7. The van der Waals surface area contributed by atoms with Crippen LogP contribution >= 0.6 is 0 Å². The lowest BCUT2D eigenvalue weighted by atomic mass is 10.1. The maximum absolute atomic E-state index is 5.86. The molecule has 0 saturated heterocycles. The molecular formula is C12H16N2O. The molecule has 0 amide bonds. The molecule has 0 radical (unpaired) electrons. The fourth-order valence-electron chi connectivity index (χ4n) is 1.45. The first-order valence-electron chi connectivity index (χ1n) is 5.02. The van der Waals surface area contributed by atoms with Crippen LogP contribution in [0.3, 0.4) is 0 Å². The van der Waals surface area contributed by atoms with Gasteiger partial charge < -0.3 is 10.6 Å². The lowest BCUT2D eigenvalue weighted by Crippen LogP contribution is -2.40. The molecule has 0 aromatic heterocycles. The van der Waals surface area contributed by atoms with E-state index >= 15 is 0 Å². The molecular weight excluding hydrogens is 188 g/mol. The number of anilines is 1. The van der Waals surface area contributed by atoms with E-state index in [1.54, 1.807) is 0 Å². The monoisotopic (exact) mass is 204 g/mol. The summed E-state index contributed by atoms with van der Waals surface area (Å²) in [5.41, 5.74) is 7.48. The van der Waals surface area contributed by atoms with Gasteiger partial charge in [0, 0.05) is 11.8 Å². The molecule has 15 heavy (non-hydrogen) atoms. The van der Waals surface area contributed by atoms with Crippen LogP contribution in [0.4, 0.5) is 5.69 Å². The lowest BCUT2D eigenvalue weighted by Gasteiger charge is -2.36. The Morgan fingerprint density at radius 3 is 2.67 bits per heavy atom. The number of fused-ring (bicyclic) bond motifs is 1. The number of nitrogens with two attached hydrogens (primary N) is 1. The maximum atomic E-state index is 5.86. The summed E-state index contributed by atoms with van der Waals surface area (Å²) in [6.07, 6.45) is 3.95. The number of hydrogen-bond donors (Lipinski definition) is 1. The summed E-state index contributed by atoms with van der Waals surface area (Å²) in [5, 5.41) is 1.81. The van der Waals surface area contributed by atoms with Crippen molar-refractivity contribution in [3.05, 3.63) is 30.0 Å². The molecule has 2 rings (SSSR count). The first-order chi connectivity index (χ1) is 6.98. The van der Waals surface area contributed by atoms with Gasteiger partial charge in [-0.2, -0.15) is 0 Å². The van der Waals surface area contributed by atoms with Gasteiger partial charge >= 0.3 is 0 Å². The Bertz CT molecular complexity index is 405. The molecule has 0 saturated carbocycles. The molecule has 0 unspecified atom stereocenters. The summed E-state index contributed by atoms with van der Waals surface area (Å²) in [4.78, 5) is 5.75. The SMILES string of the molecule is CC(C)(C)N1C=Cc2cccc(N)c2O1. The van der Waals surface area contributed by atoms with Crippen molar-refractivity contribution in [2.45, 2.75) is 26.3 Å². The van der Waals surface area contributed by atoms with E-state index in [0.717, 1.165) is 11.3 Å². The fraction of sp³-hybridized carbons (Fsp3) is 0.333. The smallest absolute Gasteiger partial charge is 0.185 e. The van der Waals surface area contributed by atoms with Crippen LogP contribution < -0.4 is 10.6 Å². The maximum Gasteiger partial charge on any atom is 0.185 e. The Kier molecular flexibility index (Phi) is 2.11. The molecule has 1 aromatic rings. The van der Waals surface area contributed by atoms with Crippen molar-refractivity contribution in [2.24, 2.45) is 0 Å². The van der Waals surface area contributed by atoms with Gasteiger partial charge in [0.2, 0.25) is 0 Å². The molecule has 80 valence electrons. The molecule has 1 aliphatic rings. The molecule has 1 aliphatic heterocycles. The average molecular weight is 204 g/mol. The molecule has 0 aliphatic carbocycles. The van der Waals surface area contributed by atoms with E-state index in [2.05, 4.69) is 20.8 Å². The Hall–Kier alpha value is -1.64. The van der Waals surface area contributed by atoms with Crippen LogP contribution in [-0.4, -0.2) is 10.6 Å². The van der Waals surface area contributed by atoms with Gasteiger partial charge in [-0.25, -0.2) is 5.06 Å². The second kappa shape index (κ2) is 3.19. The molecule has 3 nitrogen and oxygen atoms in total. The zero-order valence-corrected chi connectivity index (χ0v) is 9.32. The number of hydrogen-bond acceptors (Lipinski definition) is 3. The van der Waals surface area contributed by atoms with E-state index in [1.165, 1.54) is 0 Å². The van der Waals surface area contributed by atoms with Crippen LogP contribution in [0.2, 0.25) is 0 Å². The highest BCUT2D eigenvalue weighted by Gasteiger charge is 2.24. The number of nitrogens with zero attached hydrogens (tertiary/aromatic N) is 1. The van der Waals surface area contributed by atoms with Gasteiger partial charge in [-0.05, 0) is 32.9 Å². The van der Waals surface area contributed by atoms with Crippen molar-refractivity contribution in [3.8, 4) is 5.75 Å². The average Bonchev–Trinajstić information content (AvgIpc) is 2.16. The van der Waals surface area contributed by atoms with E-state index in [0.29, 0.717) is 5.69 Å². The lowest BCUT2D eigenvalue weighted by molar-refractivity contribution is -0.0804. The molecule has 0 bridgehead atoms. The summed E-state index contributed by atoms with van der Waals surface area (Å²) < 4.78 is 0. The summed E-state index contributed by atoms with van der Waals surface area (Å²) >= 11 is 0. The second-order valence-corrected chi connectivity index (χ2v) is 4.67. The van der Waals surface area contributed by atoms with Crippen LogP contribution in [0.1, 0.15) is 26.3 Å². The van der Waals surface area contributed by atoms with Crippen LogP contribution in [0, 0.1) is 0 Å². The Balaban J connectivity index is 2.38. The van der Waals surface area contributed by atoms with Crippen molar-refractivity contribution < 1.29 is 4.84 Å². The Morgan fingerprint density at radius 1 is 1.27 bits per heavy atom. The minimum atomic E-state index is -0.0729. The highest BCUT2D eigenvalue weighted by molar-refractivity contribution is 5.68. The zero-order valence-electron chi connectivity index (χ0n) is 9.32. The number of para-hydroxylation sites is 1. The standard InChI is InChI=1S/C12H16N2O/c1-12(2,3)14-8-7-9-5-4-6-10(13)11(9)15-14/h4-8H,13H2,1-3H3. The first kappa shape index (κ1) is 9.90. The molecule has 1 aromatic carbocycles. The molecule has 3 heteroatoms. The Morgan fingerprint density at radius 2 is 2.00 bits per heavy atom. The van der Waals surface area contributed by atoms with Crippen molar-refractivity contribution in [1.82, 2.24) is 5.06 Å². The zero-order chi connectivity index (χ0) is 11.1.